The predicted molar refractivity (Wildman–Crippen MR) is 137 cm³/mol. The van der Waals surface area contributed by atoms with E-state index in [2.05, 4.69) is 46.1 Å². The number of ether oxygens (including phenoxy) is 1. The highest BCUT2D eigenvalue weighted by Crippen LogP contribution is 2.31. The monoisotopic (exact) mass is 476 g/mol. The van der Waals surface area contributed by atoms with Crippen molar-refractivity contribution < 1.29 is 22.3 Å². The fourth-order valence-corrected chi connectivity index (χ4v) is 2.47. The molecule has 34 heavy (non-hydrogen) atoms. The lowest BCUT2D eigenvalue weighted by Crippen LogP contribution is -2.13. The Labute approximate surface area is 202 Å². The highest BCUT2D eigenvalue weighted by atomic mass is 19.2. The Morgan fingerprint density at radius 3 is 1.68 bits per heavy atom. The van der Waals surface area contributed by atoms with Crippen LogP contribution in [0.3, 0.4) is 0 Å². The van der Waals surface area contributed by atoms with Gasteiger partial charge in [-0.2, -0.15) is 0 Å². The van der Waals surface area contributed by atoms with Gasteiger partial charge in [-0.15, -0.1) is 6.58 Å². The average molecular weight is 477 g/mol. The molecule has 0 fully saturated rings. The van der Waals surface area contributed by atoms with Gasteiger partial charge in [0.1, 0.15) is 0 Å². The van der Waals surface area contributed by atoms with Crippen molar-refractivity contribution in [3.05, 3.63) is 121 Å². The molecule has 1 nitrogen and oxygen atoms in total. The number of hydrogen-bond donors (Lipinski definition) is 0. The molecule has 1 unspecified atom stereocenters. The van der Waals surface area contributed by atoms with Crippen molar-refractivity contribution in [1.29, 1.82) is 0 Å². The standard InChI is InChI=1S/C29H36F4O/c1-11-12-13-14-21(6)26(30)27(31)23(8)19(4)15-16-20(5)24(9)28(32)29(33)25(10)22(7)17-34-18(2)3/h11,15-16,18,22H,1,4-6,8-10,12-14,17H2,2-3,7H3/b16-15-,27-26-,29-28-. The van der Waals surface area contributed by atoms with Crippen molar-refractivity contribution in [1.82, 2.24) is 0 Å². The second-order valence-electron chi connectivity index (χ2n) is 8.19. The smallest absolute Gasteiger partial charge is 0.166 e. The van der Waals surface area contributed by atoms with Gasteiger partial charge < -0.3 is 4.74 Å². The van der Waals surface area contributed by atoms with Gasteiger partial charge in [0.2, 0.25) is 0 Å². The van der Waals surface area contributed by atoms with Crippen LogP contribution >= 0.6 is 0 Å². The zero-order valence-electron chi connectivity index (χ0n) is 20.6. The van der Waals surface area contributed by atoms with Crippen molar-refractivity contribution in [3.8, 4) is 0 Å². The summed E-state index contributed by atoms with van der Waals surface area (Å²) in [4.78, 5) is 0. The Hall–Kier alpha value is -2.92. The summed E-state index contributed by atoms with van der Waals surface area (Å²) in [5.74, 6) is -5.10. The molecule has 0 spiro atoms. The van der Waals surface area contributed by atoms with Gasteiger partial charge in [-0.3, -0.25) is 0 Å². The third-order valence-corrected chi connectivity index (χ3v) is 4.93. The van der Waals surface area contributed by atoms with Crippen molar-refractivity contribution in [2.24, 2.45) is 5.92 Å². The van der Waals surface area contributed by atoms with Crippen LogP contribution < -0.4 is 0 Å². The van der Waals surface area contributed by atoms with Crippen LogP contribution in [-0.2, 0) is 4.74 Å². The van der Waals surface area contributed by atoms with Crippen molar-refractivity contribution >= 4 is 0 Å². The van der Waals surface area contributed by atoms with Gasteiger partial charge >= 0.3 is 0 Å². The summed E-state index contributed by atoms with van der Waals surface area (Å²) in [5, 5.41) is 0. The van der Waals surface area contributed by atoms with E-state index >= 15 is 0 Å². The van der Waals surface area contributed by atoms with E-state index in [1.165, 1.54) is 12.2 Å². The highest BCUT2D eigenvalue weighted by molar-refractivity contribution is 5.54. The SMILES string of the molecule is C=CCCCC(=C)/C(F)=C(/F)C(=C)C(=C)/C=C\C(=C)C(=C)/C(F)=C(/F)C(=C)C(C)COC(C)C. The zero-order chi connectivity index (χ0) is 26.6. The van der Waals surface area contributed by atoms with E-state index in [0.29, 0.717) is 12.8 Å². The molecule has 0 radical (unpaired) electrons. The normalized spacial score (nSPS) is 13.8. The van der Waals surface area contributed by atoms with Crippen LogP contribution in [-0.4, -0.2) is 12.7 Å². The molecule has 0 aromatic carbocycles. The maximum Gasteiger partial charge on any atom is 0.166 e. The molecule has 1 atom stereocenters. The maximum atomic E-state index is 14.6. The van der Waals surface area contributed by atoms with Crippen LogP contribution in [0.15, 0.2) is 121 Å². The predicted octanol–water partition coefficient (Wildman–Crippen LogP) is 9.60. The van der Waals surface area contributed by atoms with E-state index in [1.54, 1.807) is 13.0 Å². The minimum absolute atomic E-state index is 0.00556. The third-order valence-electron chi connectivity index (χ3n) is 4.93. The van der Waals surface area contributed by atoms with Gasteiger partial charge in [0.05, 0.1) is 12.7 Å². The Morgan fingerprint density at radius 1 is 0.765 bits per heavy atom. The fourth-order valence-electron chi connectivity index (χ4n) is 2.47. The summed E-state index contributed by atoms with van der Waals surface area (Å²) in [6, 6.07) is 0. The summed E-state index contributed by atoms with van der Waals surface area (Å²) < 4.78 is 63.3. The van der Waals surface area contributed by atoms with Crippen LogP contribution in [0, 0.1) is 5.92 Å². The van der Waals surface area contributed by atoms with Gasteiger partial charge in [-0.1, -0.05) is 64.6 Å². The molecule has 0 amide bonds. The molecule has 0 aliphatic carbocycles. The number of unbranched alkanes of at least 4 members (excludes halogenated alkanes) is 1. The lowest BCUT2D eigenvalue weighted by Gasteiger charge is -2.16. The van der Waals surface area contributed by atoms with E-state index in [9.17, 15) is 17.6 Å². The van der Waals surface area contributed by atoms with Gasteiger partial charge in [-0.05, 0) is 55.4 Å². The number of hydrogen-bond acceptors (Lipinski definition) is 1. The van der Waals surface area contributed by atoms with Crippen LogP contribution in [0.25, 0.3) is 0 Å². The van der Waals surface area contributed by atoms with Crippen molar-refractivity contribution in [2.75, 3.05) is 6.61 Å². The Kier molecular flexibility index (Phi) is 13.8. The third kappa shape index (κ3) is 9.92. The molecular weight excluding hydrogens is 440 g/mol. The first-order valence-electron chi connectivity index (χ1n) is 10.9. The first-order valence-corrected chi connectivity index (χ1v) is 10.9. The lowest BCUT2D eigenvalue weighted by molar-refractivity contribution is 0.0625. The fraction of sp³-hybridized carbons (Fsp3) is 0.310. The van der Waals surface area contributed by atoms with Crippen LogP contribution in [0.1, 0.15) is 40.0 Å². The summed E-state index contributed by atoms with van der Waals surface area (Å²) in [6.45, 7) is 30.6. The molecule has 0 saturated heterocycles. The largest absolute Gasteiger partial charge is 0.378 e. The van der Waals surface area contributed by atoms with E-state index < -0.39 is 29.2 Å². The average Bonchev–Trinajstić information content (AvgIpc) is 2.81. The Bertz CT molecular complexity index is 941. The van der Waals surface area contributed by atoms with E-state index in [0.717, 1.165) is 0 Å². The molecule has 0 heterocycles. The molecule has 186 valence electrons. The summed E-state index contributed by atoms with van der Waals surface area (Å²) in [5.41, 5.74) is -0.640. The summed E-state index contributed by atoms with van der Waals surface area (Å²) >= 11 is 0. The number of allylic oxidation sites excluding steroid dienone is 12. The van der Waals surface area contributed by atoms with E-state index in [4.69, 9.17) is 4.74 Å². The van der Waals surface area contributed by atoms with Crippen LogP contribution in [0.4, 0.5) is 17.6 Å². The number of halogens is 4. The lowest BCUT2D eigenvalue weighted by atomic mass is 9.98. The molecule has 5 heteroatoms. The Morgan fingerprint density at radius 2 is 1.24 bits per heavy atom. The first-order chi connectivity index (χ1) is 15.8. The molecule has 0 saturated carbocycles. The van der Waals surface area contributed by atoms with Gasteiger partial charge in [0, 0.05) is 17.1 Å². The minimum Gasteiger partial charge on any atom is -0.378 e. The van der Waals surface area contributed by atoms with Gasteiger partial charge in [0.15, 0.2) is 23.3 Å². The van der Waals surface area contributed by atoms with E-state index in [-0.39, 0.29) is 52.6 Å². The first kappa shape index (κ1) is 31.1. The molecule has 0 aromatic rings. The second kappa shape index (κ2) is 15.1. The van der Waals surface area contributed by atoms with Crippen molar-refractivity contribution in [2.45, 2.75) is 46.1 Å². The highest BCUT2D eigenvalue weighted by Gasteiger charge is 2.19. The summed E-state index contributed by atoms with van der Waals surface area (Å²) in [6.07, 6.45) is 5.66. The number of rotatable bonds is 16. The summed E-state index contributed by atoms with van der Waals surface area (Å²) in [7, 11) is 0. The second-order valence-corrected chi connectivity index (χ2v) is 8.19. The quantitative estimate of drug-likeness (QED) is 0.0932. The maximum absolute atomic E-state index is 14.6. The molecule has 0 aliphatic heterocycles. The van der Waals surface area contributed by atoms with Crippen molar-refractivity contribution in [3.63, 3.8) is 0 Å². The minimum atomic E-state index is -1.21. The molecule has 0 aliphatic rings. The van der Waals surface area contributed by atoms with Gasteiger partial charge in [0.25, 0.3) is 0 Å². The molecule has 0 bridgehead atoms. The van der Waals surface area contributed by atoms with Crippen LogP contribution in [0.5, 0.6) is 0 Å². The molecule has 0 aromatic heterocycles. The Balaban J connectivity index is 5.33. The van der Waals surface area contributed by atoms with E-state index in [1.807, 2.05) is 13.8 Å². The molecule has 0 rings (SSSR count). The topological polar surface area (TPSA) is 9.23 Å². The zero-order valence-corrected chi connectivity index (χ0v) is 20.6. The van der Waals surface area contributed by atoms with Crippen LogP contribution in [0.2, 0.25) is 0 Å². The van der Waals surface area contributed by atoms with Gasteiger partial charge in [-0.25, -0.2) is 17.6 Å². The molecule has 0 N–H and O–H groups in total. The molecular formula is C29H36F4O.